The van der Waals surface area contributed by atoms with Crippen molar-refractivity contribution in [1.29, 1.82) is 0 Å². The smallest absolute Gasteiger partial charge is 0.354 e. The zero-order valence-corrected chi connectivity index (χ0v) is 12.6. The SMILES string of the molecule is COC(=O)c1[nH]c(C)c(CC(SC)C(=O)OC)c1C. The summed E-state index contributed by atoms with van der Waals surface area (Å²) in [6.07, 6.45) is 2.39. The topological polar surface area (TPSA) is 68.4 Å². The van der Waals surface area contributed by atoms with Crippen LogP contribution in [0.4, 0.5) is 0 Å². The second-order valence-corrected chi connectivity index (χ2v) is 5.21. The number of carbonyl (C=O) groups excluding carboxylic acids is 2. The van der Waals surface area contributed by atoms with Crippen LogP contribution in [-0.4, -0.2) is 42.6 Å². The highest BCUT2D eigenvalue weighted by Gasteiger charge is 2.24. The summed E-state index contributed by atoms with van der Waals surface area (Å²) in [5.74, 6) is -0.655. The molecule has 1 heterocycles. The monoisotopic (exact) mass is 285 g/mol. The van der Waals surface area contributed by atoms with Gasteiger partial charge >= 0.3 is 11.9 Å². The Kier molecular flexibility index (Phi) is 5.47. The number of ether oxygens (including phenoxy) is 2. The van der Waals surface area contributed by atoms with Crippen molar-refractivity contribution >= 4 is 23.7 Å². The maximum absolute atomic E-state index is 11.6. The van der Waals surface area contributed by atoms with Crippen LogP contribution in [0.15, 0.2) is 0 Å². The molecule has 1 atom stereocenters. The molecule has 0 aliphatic heterocycles. The maximum Gasteiger partial charge on any atom is 0.354 e. The molecule has 0 bridgehead atoms. The zero-order chi connectivity index (χ0) is 14.6. The van der Waals surface area contributed by atoms with Crippen LogP contribution in [0.2, 0.25) is 0 Å². The van der Waals surface area contributed by atoms with Crippen molar-refractivity contribution in [3.8, 4) is 0 Å². The van der Waals surface area contributed by atoms with Crippen molar-refractivity contribution in [2.75, 3.05) is 20.5 Å². The molecule has 106 valence electrons. The lowest BCUT2D eigenvalue weighted by atomic mass is 10.0. The number of H-pyrrole nitrogens is 1. The van der Waals surface area contributed by atoms with Gasteiger partial charge in [0.15, 0.2) is 0 Å². The minimum atomic E-state index is -0.398. The Hall–Kier alpha value is -1.43. The van der Waals surface area contributed by atoms with Crippen molar-refractivity contribution < 1.29 is 19.1 Å². The zero-order valence-electron chi connectivity index (χ0n) is 11.8. The van der Waals surface area contributed by atoms with Crippen molar-refractivity contribution in [3.05, 3.63) is 22.5 Å². The van der Waals surface area contributed by atoms with E-state index in [9.17, 15) is 9.59 Å². The Morgan fingerprint density at radius 1 is 1.26 bits per heavy atom. The Bertz CT molecular complexity index is 481. The van der Waals surface area contributed by atoms with Crippen LogP contribution >= 0.6 is 11.8 Å². The highest BCUT2D eigenvalue weighted by molar-refractivity contribution is 7.99. The van der Waals surface area contributed by atoms with E-state index in [1.807, 2.05) is 20.1 Å². The molecule has 0 aliphatic carbocycles. The second kappa shape index (κ2) is 6.65. The number of nitrogens with one attached hydrogen (secondary N) is 1. The van der Waals surface area contributed by atoms with E-state index in [1.54, 1.807) is 0 Å². The van der Waals surface area contributed by atoms with Crippen LogP contribution in [0.1, 0.15) is 27.3 Å². The van der Waals surface area contributed by atoms with E-state index in [1.165, 1.54) is 26.0 Å². The second-order valence-electron chi connectivity index (χ2n) is 4.17. The third-order valence-corrected chi connectivity index (χ3v) is 4.05. The molecule has 1 N–H and O–H groups in total. The van der Waals surface area contributed by atoms with Crippen LogP contribution < -0.4 is 0 Å². The lowest BCUT2D eigenvalue weighted by Gasteiger charge is -2.12. The van der Waals surface area contributed by atoms with Crippen molar-refractivity contribution in [3.63, 3.8) is 0 Å². The molecule has 0 spiro atoms. The van der Waals surface area contributed by atoms with Gasteiger partial charge in [-0.25, -0.2) is 4.79 Å². The lowest BCUT2D eigenvalue weighted by molar-refractivity contribution is -0.139. The summed E-state index contributed by atoms with van der Waals surface area (Å²) in [5, 5.41) is -0.274. The molecular weight excluding hydrogens is 266 g/mol. The number of hydrogen-bond donors (Lipinski definition) is 1. The van der Waals surface area contributed by atoms with Gasteiger partial charge in [-0.2, -0.15) is 0 Å². The van der Waals surface area contributed by atoms with Gasteiger partial charge in [0.25, 0.3) is 0 Å². The number of carbonyl (C=O) groups is 2. The van der Waals surface area contributed by atoms with Gasteiger partial charge in [0.1, 0.15) is 10.9 Å². The number of thioether (sulfide) groups is 1. The van der Waals surface area contributed by atoms with Crippen LogP contribution in [-0.2, 0) is 20.7 Å². The predicted molar refractivity (Wildman–Crippen MR) is 74.6 cm³/mol. The summed E-state index contributed by atoms with van der Waals surface area (Å²) in [4.78, 5) is 26.2. The van der Waals surface area contributed by atoms with Crippen LogP contribution in [0, 0.1) is 13.8 Å². The minimum Gasteiger partial charge on any atom is -0.468 e. The highest BCUT2D eigenvalue weighted by atomic mass is 32.2. The molecule has 0 saturated heterocycles. The van der Waals surface area contributed by atoms with E-state index in [0.29, 0.717) is 12.1 Å². The van der Waals surface area contributed by atoms with E-state index < -0.39 is 5.97 Å². The number of rotatable bonds is 5. The number of aromatic amines is 1. The molecule has 1 aromatic rings. The fourth-order valence-corrected chi connectivity index (χ4v) is 2.60. The van der Waals surface area contributed by atoms with Crippen LogP contribution in [0.25, 0.3) is 0 Å². The molecule has 0 aliphatic rings. The molecule has 19 heavy (non-hydrogen) atoms. The number of methoxy groups -OCH3 is 2. The first kappa shape index (κ1) is 15.6. The molecule has 1 unspecified atom stereocenters. The highest BCUT2D eigenvalue weighted by Crippen LogP contribution is 2.24. The first-order valence-electron chi connectivity index (χ1n) is 5.83. The van der Waals surface area contributed by atoms with Gasteiger partial charge in [-0.15, -0.1) is 11.8 Å². The van der Waals surface area contributed by atoms with Gasteiger partial charge in [-0.3, -0.25) is 4.79 Å². The summed E-state index contributed by atoms with van der Waals surface area (Å²) < 4.78 is 9.49. The van der Waals surface area contributed by atoms with E-state index >= 15 is 0 Å². The Morgan fingerprint density at radius 2 is 1.89 bits per heavy atom. The number of hydrogen-bond acceptors (Lipinski definition) is 5. The average Bonchev–Trinajstić information content (AvgIpc) is 2.70. The van der Waals surface area contributed by atoms with E-state index in [2.05, 4.69) is 4.98 Å². The van der Waals surface area contributed by atoms with Crippen molar-refractivity contribution in [2.24, 2.45) is 0 Å². The first-order chi connectivity index (χ1) is 8.96. The molecular formula is C13H19NO4S. The molecule has 0 fully saturated rings. The van der Waals surface area contributed by atoms with Gasteiger partial charge in [0.2, 0.25) is 0 Å². The average molecular weight is 285 g/mol. The van der Waals surface area contributed by atoms with Gasteiger partial charge in [0.05, 0.1) is 14.2 Å². The molecule has 0 amide bonds. The van der Waals surface area contributed by atoms with Gasteiger partial charge in [0, 0.05) is 5.69 Å². The Morgan fingerprint density at radius 3 is 2.37 bits per heavy atom. The van der Waals surface area contributed by atoms with Crippen LogP contribution in [0.3, 0.4) is 0 Å². The molecule has 6 heteroatoms. The van der Waals surface area contributed by atoms with E-state index in [-0.39, 0.29) is 11.2 Å². The maximum atomic E-state index is 11.6. The molecule has 0 radical (unpaired) electrons. The third kappa shape index (κ3) is 3.32. The largest absolute Gasteiger partial charge is 0.468 e. The standard InChI is InChI=1S/C13H19NO4S/c1-7-9(6-10(19-5)12(15)17-3)8(2)14-11(7)13(16)18-4/h10,14H,6H2,1-5H3. The minimum absolute atomic E-state index is 0.257. The Labute approximate surface area is 117 Å². The molecule has 0 saturated carbocycles. The summed E-state index contributed by atoms with van der Waals surface area (Å²) in [6.45, 7) is 3.73. The van der Waals surface area contributed by atoms with Gasteiger partial charge in [-0.05, 0) is 37.7 Å². The Balaban J connectivity index is 3.04. The number of aryl methyl sites for hydroxylation is 1. The molecule has 5 nitrogen and oxygen atoms in total. The summed E-state index contributed by atoms with van der Waals surface area (Å²) in [5.41, 5.74) is 3.11. The first-order valence-corrected chi connectivity index (χ1v) is 7.12. The fourth-order valence-electron chi connectivity index (χ4n) is 1.98. The molecule has 1 aromatic heterocycles. The normalized spacial score (nSPS) is 12.1. The molecule has 0 aromatic carbocycles. The number of esters is 2. The summed E-state index contributed by atoms with van der Waals surface area (Å²) in [6, 6.07) is 0. The van der Waals surface area contributed by atoms with Crippen LogP contribution in [0.5, 0.6) is 0 Å². The summed E-state index contributed by atoms with van der Waals surface area (Å²) >= 11 is 1.43. The quantitative estimate of drug-likeness (QED) is 0.836. The van der Waals surface area contributed by atoms with E-state index in [4.69, 9.17) is 9.47 Å². The number of aromatic nitrogens is 1. The predicted octanol–water partition coefficient (Wildman–Crippen LogP) is 1.87. The molecule has 1 rings (SSSR count). The van der Waals surface area contributed by atoms with Gasteiger partial charge in [-0.1, -0.05) is 0 Å². The van der Waals surface area contributed by atoms with E-state index in [0.717, 1.165) is 16.8 Å². The fraction of sp³-hybridized carbons (Fsp3) is 0.538. The summed E-state index contributed by atoms with van der Waals surface area (Å²) in [7, 11) is 2.72. The lowest BCUT2D eigenvalue weighted by Crippen LogP contribution is -2.21. The third-order valence-electron chi connectivity index (χ3n) is 3.12. The van der Waals surface area contributed by atoms with Crippen molar-refractivity contribution in [1.82, 2.24) is 4.98 Å². The van der Waals surface area contributed by atoms with Gasteiger partial charge < -0.3 is 14.5 Å². The van der Waals surface area contributed by atoms with Crippen molar-refractivity contribution in [2.45, 2.75) is 25.5 Å².